The normalized spacial score (nSPS) is 12.9. The number of hydrogen-bond donors (Lipinski definition) is 1. The maximum Gasteiger partial charge on any atom is 0.0817 e. The Morgan fingerprint density at radius 1 is 1.38 bits per heavy atom. The fraction of sp³-hybridized carbons (Fsp3) is 0.333. The van der Waals surface area contributed by atoms with Gasteiger partial charge in [0.1, 0.15) is 0 Å². The van der Waals surface area contributed by atoms with E-state index in [2.05, 4.69) is 32.3 Å². The van der Waals surface area contributed by atoms with Crippen LogP contribution in [0.5, 0.6) is 0 Å². The second kappa shape index (κ2) is 7.95. The van der Waals surface area contributed by atoms with Crippen molar-refractivity contribution >= 4 is 50.5 Å². The predicted molar refractivity (Wildman–Crippen MR) is 94.4 cm³/mol. The Balaban J connectivity index is 1.88. The highest BCUT2D eigenvalue weighted by molar-refractivity contribution is 9.11. The first kappa shape index (κ1) is 17.3. The molecule has 0 spiro atoms. The Labute approximate surface area is 147 Å². The van der Waals surface area contributed by atoms with Crippen molar-refractivity contribution in [2.45, 2.75) is 19.1 Å². The van der Waals surface area contributed by atoms with E-state index in [4.69, 9.17) is 23.2 Å². The van der Waals surface area contributed by atoms with Gasteiger partial charge in [0.05, 0.1) is 19.9 Å². The van der Waals surface area contributed by atoms with E-state index >= 15 is 0 Å². The Morgan fingerprint density at radius 2 is 2.14 bits per heavy atom. The number of aliphatic hydroxyl groups is 1. The van der Waals surface area contributed by atoms with Crippen LogP contribution in [0, 0.1) is 0 Å². The zero-order chi connectivity index (χ0) is 15.4. The van der Waals surface area contributed by atoms with Gasteiger partial charge in [-0.3, -0.25) is 0 Å². The molecule has 2 nitrogen and oxygen atoms in total. The average molecular weight is 409 g/mol. The average Bonchev–Trinajstić information content (AvgIpc) is 2.84. The molecule has 2 rings (SSSR count). The third-order valence-electron chi connectivity index (χ3n) is 3.20. The van der Waals surface area contributed by atoms with Gasteiger partial charge in [-0.05, 0) is 52.5 Å². The van der Waals surface area contributed by atoms with Gasteiger partial charge in [0.25, 0.3) is 0 Å². The predicted octanol–water partition coefficient (Wildman–Crippen LogP) is 5.37. The summed E-state index contributed by atoms with van der Waals surface area (Å²) in [5.41, 5.74) is 1.96. The van der Waals surface area contributed by atoms with Crippen LogP contribution < -0.4 is 0 Å². The van der Waals surface area contributed by atoms with Gasteiger partial charge in [-0.15, -0.1) is 11.3 Å². The summed E-state index contributed by atoms with van der Waals surface area (Å²) in [6.45, 7) is 1.63. The van der Waals surface area contributed by atoms with E-state index in [-0.39, 0.29) is 0 Å². The molecule has 21 heavy (non-hydrogen) atoms. The number of thiophene rings is 1. The highest BCUT2D eigenvalue weighted by Crippen LogP contribution is 2.31. The molecule has 6 heteroatoms. The smallest absolute Gasteiger partial charge is 0.0817 e. The van der Waals surface area contributed by atoms with Crippen LogP contribution in [0.1, 0.15) is 23.7 Å². The minimum atomic E-state index is -0.604. The fourth-order valence-electron chi connectivity index (χ4n) is 2.10. The Morgan fingerprint density at radius 3 is 2.81 bits per heavy atom. The van der Waals surface area contributed by atoms with Crippen molar-refractivity contribution < 1.29 is 5.11 Å². The lowest BCUT2D eigenvalue weighted by molar-refractivity contribution is 0.148. The van der Waals surface area contributed by atoms with E-state index in [0.717, 1.165) is 16.9 Å². The molecule has 0 radical (unpaired) electrons. The van der Waals surface area contributed by atoms with Crippen LogP contribution in [0.4, 0.5) is 0 Å². The summed E-state index contributed by atoms with van der Waals surface area (Å²) < 4.78 is 1.14. The lowest BCUT2D eigenvalue weighted by Crippen LogP contribution is -2.20. The topological polar surface area (TPSA) is 23.5 Å². The number of halogens is 3. The fourth-order valence-corrected chi connectivity index (χ4v) is 3.73. The molecule has 0 bridgehead atoms. The minimum Gasteiger partial charge on any atom is -0.388 e. The highest BCUT2D eigenvalue weighted by atomic mass is 79.9. The zero-order valence-electron chi connectivity index (χ0n) is 11.5. The summed E-state index contributed by atoms with van der Waals surface area (Å²) in [6, 6.07) is 7.46. The van der Waals surface area contributed by atoms with Crippen LogP contribution >= 0.6 is 50.5 Å². The largest absolute Gasteiger partial charge is 0.388 e. The molecule has 0 aliphatic heterocycles. The van der Waals surface area contributed by atoms with Crippen LogP contribution in [-0.4, -0.2) is 23.6 Å². The molecule has 1 heterocycles. The molecular formula is C15H16BrCl2NOS. The van der Waals surface area contributed by atoms with Crippen molar-refractivity contribution in [1.82, 2.24) is 4.90 Å². The Hall–Kier alpha value is -0.100. The van der Waals surface area contributed by atoms with Crippen LogP contribution in [0.15, 0.2) is 33.4 Å². The molecule has 0 amide bonds. The number of hydrogen-bond acceptors (Lipinski definition) is 3. The van der Waals surface area contributed by atoms with Gasteiger partial charge in [-0.1, -0.05) is 35.3 Å². The molecule has 1 unspecified atom stereocenters. The number of benzene rings is 1. The Bertz CT molecular complexity index is 605. The third kappa shape index (κ3) is 4.95. The van der Waals surface area contributed by atoms with Gasteiger partial charge >= 0.3 is 0 Å². The molecule has 0 aliphatic rings. The summed E-state index contributed by atoms with van der Waals surface area (Å²) in [5.74, 6) is 0. The van der Waals surface area contributed by atoms with Crippen LogP contribution in [0.2, 0.25) is 10.0 Å². The van der Waals surface area contributed by atoms with Crippen LogP contribution in [0.25, 0.3) is 0 Å². The molecule has 1 aromatic heterocycles. The van der Waals surface area contributed by atoms with Crippen LogP contribution in [0.3, 0.4) is 0 Å². The molecule has 0 fully saturated rings. The van der Waals surface area contributed by atoms with E-state index in [9.17, 15) is 5.11 Å². The number of rotatable bonds is 6. The van der Waals surface area contributed by atoms with Gasteiger partial charge in [-0.25, -0.2) is 0 Å². The van der Waals surface area contributed by atoms with Crippen molar-refractivity contribution in [3.8, 4) is 0 Å². The first-order chi connectivity index (χ1) is 9.97. The molecular weight excluding hydrogens is 393 g/mol. The quantitative estimate of drug-likeness (QED) is 0.694. The standard InChI is InChI=1S/C15H16BrCl2NOS/c1-19(8-10-7-14(16)21-9-10)6-5-13(20)11-3-2-4-12(17)15(11)18/h2-4,7,9,13,20H,5-6,8H2,1H3. The summed E-state index contributed by atoms with van der Waals surface area (Å²) in [6.07, 6.45) is 0.00913. The van der Waals surface area contributed by atoms with E-state index < -0.39 is 6.10 Å². The van der Waals surface area contributed by atoms with Gasteiger partial charge in [-0.2, -0.15) is 0 Å². The second-order valence-electron chi connectivity index (χ2n) is 4.94. The summed E-state index contributed by atoms with van der Waals surface area (Å²) in [4.78, 5) is 2.18. The maximum atomic E-state index is 10.3. The number of aliphatic hydroxyl groups excluding tert-OH is 1. The Kier molecular flexibility index (Phi) is 6.53. The van der Waals surface area contributed by atoms with E-state index in [1.54, 1.807) is 23.5 Å². The van der Waals surface area contributed by atoms with Crippen molar-refractivity contribution in [1.29, 1.82) is 0 Å². The van der Waals surface area contributed by atoms with Crippen molar-refractivity contribution in [3.05, 3.63) is 54.6 Å². The third-order valence-corrected chi connectivity index (χ3v) is 5.59. The van der Waals surface area contributed by atoms with E-state index in [1.165, 1.54) is 5.56 Å². The molecule has 1 N–H and O–H groups in total. The minimum absolute atomic E-state index is 0.441. The van der Waals surface area contributed by atoms with Gasteiger partial charge in [0.15, 0.2) is 0 Å². The summed E-state index contributed by atoms with van der Waals surface area (Å²) >= 11 is 17.2. The molecule has 1 atom stereocenters. The maximum absolute atomic E-state index is 10.3. The molecule has 0 saturated heterocycles. The monoisotopic (exact) mass is 407 g/mol. The molecule has 0 aliphatic carbocycles. The van der Waals surface area contributed by atoms with Crippen molar-refractivity contribution in [3.63, 3.8) is 0 Å². The van der Waals surface area contributed by atoms with E-state index in [0.29, 0.717) is 22.0 Å². The summed E-state index contributed by atoms with van der Waals surface area (Å²) in [5, 5.41) is 13.3. The van der Waals surface area contributed by atoms with Gasteiger partial charge in [0.2, 0.25) is 0 Å². The lowest BCUT2D eigenvalue weighted by Gasteiger charge is -2.19. The van der Waals surface area contributed by atoms with Crippen LogP contribution in [-0.2, 0) is 6.54 Å². The molecule has 2 aromatic rings. The highest BCUT2D eigenvalue weighted by Gasteiger charge is 2.14. The SMILES string of the molecule is CN(CCC(O)c1cccc(Cl)c1Cl)Cc1csc(Br)c1. The molecule has 1 aromatic carbocycles. The van der Waals surface area contributed by atoms with Crippen molar-refractivity contribution in [2.75, 3.05) is 13.6 Å². The molecule has 0 saturated carbocycles. The van der Waals surface area contributed by atoms with E-state index in [1.807, 2.05) is 13.1 Å². The van der Waals surface area contributed by atoms with Gasteiger partial charge < -0.3 is 10.0 Å². The van der Waals surface area contributed by atoms with Crippen molar-refractivity contribution in [2.24, 2.45) is 0 Å². The second-order valence-corrected chi connectivity index (χ2v) is 8.02. The van der Waals surface area contributed by atoms with Gasteiger partial charge in [0, 0.05) is 18.7 Å². The first-order valence-corrected chi connectivity index (χ1v) is 8.93. The first-order valence-electron chi connectivity index (χ1n) is 6.51. The zero-order valence-corrected chi connectivity index (χ0v) is 15.4. The lowest BCUT2D eigenvalue weighted by atomic mass is 10.1. The molecule has 114 valence electrons. The summed E-state index contributed by atoms with van der Waals surface area (Å²) in [7, 11) is 2.04. The number of nitrogens with zero attached hydrogens (tertiary/aromatic N) is 1.